The molecule has 1 saturated heterocycles. The summed E-state index contributed by atoms with van der Waals surface area (Å²) in [5.41, 5.74) is 1.07. The number of nitrogens with one attached hydrogen (secondary N) is 2. The molecule has 1 aromatic carbocycles. The fraction of sp³-hybridized carbons (Fsp3) is 0.389. The zero-order valence-corrected chi connectivity index (χ0v) is 15.6. The summed E-state index contributed by atoms with van der Waals surface area (Å²) in [6.45, 7) is 3.89. The van der Waals surface area contributed by atoms with Crippen molar-refractivity contribution in [3.8, 4) is 0 Å². The molecular weight excluding hydrogens is 356 g/mol. The smallest absolute Gasteiger partial charge is 0.328 e. The number of hydrogen-bond acceptors (Lipinski definition) is 4. The first-order chi connectivity index (χ1) is 12.0. The number of hydrogen-bond donors (Lipinski definition) is 2. The second kappa shape index (κ2) is 8.33. The van der Waals surface area contributed by atoms with Gasteiger partial charge in [0, 0.05) is 32.9 Å². The molecule has 1 atom stereocenters. The lowest BCUT2D eigenvalue weighted by molar-refractivity contribution is 0.0631. The number of carbonyl (C=O) groups excluding carboxylic acids is 1. The van der Waals surface area contributed by atoms with Crippen LogP contribution >= 0.6 is 12.4 Å². The van der Waals surface area contributed by atoms with Gasteiger partial charge in [0.2, 0.25) is 0 Å². The van der Waals surface area contributed by atoms with E-state index in [1.807, 2.05) is 12.1 Å². The van der Waals surface area contributed by atoms with Gasteiger partial charge in [-0.25, -0.2) is 4.79 Å². The minimum Gasteiger partial charge on any atom is -0.329 e. The molecule has 8 heteroatoms. The normalized spacial score (nSPS) is 16.8. The second-order valence-electron chi connectivity index (χ2n) is 6.23. The van der Waals surface area contributed by atoms with Crippen LogP contribution in [-0.2, 0) is 13.5 Å². The van der Waals surface area contributed by atoms with Crippen molar-refractivity contribution >= 4 is 18.3 Å². The van der Waals surface area contributed by atoms with E-state index >= 15 is 0 Å². The standard InChI is InChI=1S/C18H22N4O3.ClH/c1-3-12-4-6-13(7-5-12)15-10-19-8-9-22(15)17(24)14-11-21(2)18(25)20-16(14)23;/h4-7,11,15,19H,3,8-10H2,1-2H3,(H,20,23,25);1H. The molecule has 1 amide bonds. The third-order valence-corrected chi connectivity index (χ3v) is 4.62. The predicted octanol–water partition coefficient (Wildman–Crippen LogP) is 0.844. The molecule has 2 N–H and O–H groups in total. The van der Waals surface area contributed by atoms with Crippen LogP contribution < -0.4 is 16.6 Å². The van der Waals surface area contributed by atoms with Crippen LogP contribution in [0.2, 0.25) is 0 Å². The van der Waals surface area contributed by atoms with E-state index in [1.54, 1.807) is 4.90 Å². The van der Waals surface area contributed by atoms with Crippen LogP contribution in [0, 0.1) is 0 Å². The van der Waals surface area contributed by atoms with Crippen LogP contribution in [0.25, 0.3) is 0 Å². The molecule has 0 aliphatic carbocycles. The number of nitrogens with zero attached hydrogens (tertiary/aromatic N) is 2. The summed E-state index contributed by atoms with van der Waals surface area (Å²) in [7, 11) is 1.51. The van der Waals surface area contributed by atoms with E-state index in [-0.39, 0.29) is 29.9 Å². The van der Waals surface area contributed by atoms with Gasteiger partial charge in [-0.2, -0.15) is 0 Å². The quantitative estimate of drug-likeness (QED) is 0.828. The average Bonchev–Trinajstić information content (AvgIpc) is 2.64. The van der Waals surface area contributed by atoms with E-state index in [4.69, 9.17) is 0 Å². The number of benzene rings is 1. The van der Waals surface area contributed by atoms with Gasteiger partial charge in [-0.3, -0.25) is 14.6 Å². The molecule has 3 rings (SSSR count). The third kappa shape index (κ3) is 3.89. The molecule has 1 aromatic heterocycles. The van der Waals surface area contributed by atoms with Crippen molar-refractivity contribution in [3.05, 3.63) is 68.0 Å². The van der Waals surface area contributed by atoms with E-state index in [0.29, 0.717) is 19.6 Å². The predicted molar refractivity (Wildman–Crippen MR) is 102 cm³/mol. The fourth-order valence-corrected chi connectivity index (χ4v) is 3.09. The molecule has 1 fully saturated rings. The Balaban J connectivity index is 0.00000243. The summed E-state index contributed by atoms with van der Waals surface area (Å²) in [5, 5.41) is 3.30. The minimum absolute atomic E-state index is 0. The van der Waals surface area contributed by atoms with Gasteiger partial charge in [0.15, 0.2) is 0 Å². The molecule has 140 valence electrons. The van der Waals surface area contributed by atoms with E-state index in [2.05, 4.69) is 29.4 Å². The highest BCUT2D eigenvalue weighted by molar-refractivity contribution is 5.94. The van der Waals surface area contributed by atoms with Gasteiger partial charge < -0.3 is 14.8 Å². The fourth-order valence-electron chi connectivity index (χ4n) is 3.09. The zero-order valence-electron chi connectivity index (χ0n) is 14.8. The monoisotopic (exact) mass is 378 g/mol. The Morgan fingerprint density at radius 2 is 1.92 bits per heavy atom. The molecule has 0 saturated carbocycles. The maximum absolute atomic E-state index is 13.0. The molecule has 1 aliphatic rings. The van der Waals surface area contributed by atoms with Crippen molar-refractivity contribution in [1.29, 1.82) is 0 Å². The lowest BCUT2D eigenvalue weighted by Crippen LogP contribution is -2.50. The first-order valence-electron chi connectivity index (χ1n) is 8.41. The van der Waals surface area contributed by atoms with Crippen molar-refractivity contribution < 1.29 is 4.79 Å². The maximum atomic E-state index is 13.0. The van der Waals surface area contributed by atoms with E-state index in [1.165, 1.54) is 23.4 Å². The maximum Gasteiger partial charge on any atom is 0.328 e. The van der Waals surface area contributed by atoms with E-state index in [9.17, 15) is 14.4 Å². The van der Waals surface area contributed by atoms with Gasteiger partial charge in [0.25, 0.3) is 11.5 Å². The summed E-state index contributed by atoms with van der Waals surface area (Å²) in [5.74, 6) is -0.358. The molecule has 1 aliphatic heterocycles. The highest BCUT2D eigenvalue weighted by atomic mass is 35.5. The SMILES string of the molecule is CCc1ccc(C2CNCCN2C(=O)c2cn(C)c(=O)[nH]c2=O)cc1.Cl. The molecule has 0 spiro atoms. The van der Waals surface area contributed by atoms with Crippen LogP contribution in [0.1, 0.15) is 34.5 Å². The Kier molecular flexibility index (Phi) is 6.39. The summed E-state index contributed by atoms with van der Waals surface area (Å²) < 4.78 is 1.21. The van der Waals surface area contributed by atoms with Crippen LogP contribution in [0.3, 0.4) is 0 Å². The highest BCUT2D eigenvalue weighted by Crippen LogP contribution is 2.24. The Hall–Kier alpha value is -2.38. The van der Waals surface area contributed by atoms with Gasteiger partial charge in [0.05, 0.1) is 6.04 Å². The number of aryl methyl sites for hydroxylation is 2. The van der Waals surface area contributed by atoms with Crippen molar-refractivity contribution in [2.45, 2.75) is 19.4 Å². The van der Waals surface area contributed by atoms with E-state index < -0.39 is 11.2 Å². The Bertz CT molecular complexity index is 889. The number of aromatic nitrogens is 2. The van der Waals surface area contributed by atoms with Crippen LogP contribution in [0.5, 0.6) is 0 Å². The van der Waals surface area contributed by atoms with Crippen molar-refractivity contribution in [2.75, 3.05) is 19.6 Å². The summed E-state index contributed by atoms with van der Waals surface area (Å²) in [4.78, 5) is 40.4. The van der Waals surface area contributed by atoms with Crippen LogP contribution in [0.15, 0.2) is 40.1 Å². The van der Waals surface area contributed by atoms with Gasteiger partial charge in [-0.05, 0) is 17.5 Å². The Labute approximate surface area is 157 Å². The van der Waals surface area contributed by atoms with Gasteiger partial charge in [0.1, 0.15) is 5.56 Å². The first-order valence-corrected chi connectivity index (χ1v) is 8.41. The lowest BCUT2D eigenvalue weighted by atomic mass is 10.0. The van der Waals surface area contributed by atoms with Crippen molar-refractivity contribution in [3.63, 3.8) is 0 Å². The van der Waals surface area contributed by atoms with Gasteiger partial charge >= 0.3 is 5.69 Å². The molecule has 2 heterocycles. The molecule has 26 heavy (non-hydrogen) atoms. The molecule has 0 radical (unpaired) electrons. The minimum atomic E-state index is -0.647. The Morgan fingerprint density at radius 3 is 2.58 bits per heavy atom. The van der Waals surface area contributed by atoms with Crippen molar-refractivity contribution in [1.82, 2.24) is 19.8 Å². The number of piperazine rings is 1. The molecule has 0 bridgehead atoms. The van der Waals surface area contributed by atoms with Crippen LogP contribution in [-0.4, -0.2) is 40.0 Å². The zero-order chi connectivity index (χ0) is 18.0. The number of aromatic amines is 1. The number of carbonyl (C=O) groups is 1. The third-order valence-electron chi connectivity index (χ3n) is 4.62. The lowest BCUT2D eigenvalue weighted by Gasteiger charge is -2.36. The number of rotatable bonds is 3. The molecule has 2 aromatic rings. The average molecular weight is 379 g/mol. The summed E-state index contributed by atoms with van der Waals surface area (Å²) >= 11 is 0. The molecule has 7 nitrogen and oxygen atoms in total. The molecular formula is C18H23ClN4O3. The largest absolute Gasteiger partial charge is 0.329 e. The first kappa shape index (κ1) is 19.9. The summed E-state index contributed by atoms with van der Waals surface area (Å²) in [6.07, 6.45) is 2.27. The summed E-state index contributed by atoms with van der Waals surface area (Å²) in [6, 6.07) is 8.03. The number of H-pyrrole nitrogens is 1. The topological polar surface area (TPSA) is 87.2 Å². The van der Waals surface area contributed by atoms with Gasteiger partial charge in [-0.1, -0.05) is 31.2 Å². The number of halogens is 1. The van der Waals surface area contributed by atoms with E-state index in [0.717, 1.165) is 12.0 Å². The molecule has 1 unspecified atom stereocenters. The highest BCUT2D eigenvalue weighted by Gasteiger charge is 2.30. The second-order valence-corrected chi connectivity index (χ2v) is 6.23. The van der Waals surface area contributed by atoms with Gasteiger partial charge in [-0.15, -0.1) is 12.4 Å². The Morgan fingerprint density at radius 1 is 1.23 bits per heavy atom. The number of amides is 1. The van der Waals surface area contributed by atoms with Crippen molar-refractivity contribution in [2.24, 2.45) is 7.05 Å². The van der Waals surface area contributed by atoms with Crippen LogP contribution in [0.4, 0.5) is 0 Å².